The van der Waals surface area contributed by atoms with Crippen molar-refractivity contribution in [1.29, 1.82) is 0 Å². The molecule has 0 fully saturated rings. The first-order valence-electron chi connectivity index (χ1n) is 48.3. The minimum Gasteiger partial charge on any atom is -0.345 e. The van der Waals surface area contributed by atoms with Gasteiger partial charge >= 0.3 is 0 Å². The first kappa shape index (κ1) is 85.5. The van der Waals surface area contributed by atoms with E-state index in [-0.39, 0.29) is 0 Å². The number of fused-ring (bicyclic) bond motifs is 19. The minimum absolute atomic E-state index is 1.15. The number of para-hydroxylation sites is 9. The Morgan fingerprint density at radius 2 is 0.326 bits per heavy atom. The number of hydrogen-bond acceptors (Lipinski definition) is 4. The summed E-state index contributed by atoms with van der Waals surface area (Å²) >= 11 is 0. The highest BCUT2D eigenvalue weighted by atomic mass is 15.1. The number of aromatic nitrogens is 5. The Morgan fingerprint density at radius 3 is 0.624 bits per heavy atom. The van der Waals surface area contributed by atoms with Gasteiger partial charge < -0.3 is 42.4 Å². The molecule has 0 saturated heterocycles. The maximum Gasteiger partial charge on any atom is 0.0619 e. The first-order valence-corrected chi connectivity index (χ1v) is 48.3. The quantitative estimate of drug-likeness (QED) is 0.103. The fourth-order valence-corrected chi connectivity index (χ4v) is 21.0. The Labute approximate surface area is 819 Å². The summed E-state index contributed by atoms with van der Waals surface area (Å²) < 4.78 is 11.9. The fraction of sp³-hybridized carbons (Fsp3) is 0.0303. The molecular formula is C132H99N9. The van der Waals surface area contributed by atoms with E-state index in [1.807, 2.05) is 0 Å². The zero-order chi connectivity index (χ0) is 94.4. The largest absolute Gasteiger partial charge is 0.345 e. The van der Waals surface area contributed by atoms with Crippen LogP contribution in [0.5, 0.6) is 0 Å². The highest BCUT2D eigenvalue weighted by Crippen LogP contribution is 2.45. The van der Waals surface area contributed by atoms with E-state index < -0.39 is 0 Å². The monoisotopic (exact) mass is 1810 g/mol. The van der Waals surface area contributed by atoms with E-state index in [1.165, 1.54) is 187 Å². The van der Waals surface area contributed by atoms with Crippen LogP contribution < -0.4 is 19.6 Å². The minimum atomic E-state index is 1.15. The summed E-state index contributed by atoms with van der Waals surface area (Å²) in [6.07, 6.45) is 0. The van der Waals surface area contributed by atoms with Crippen molar-refractivity contribution in [1.82, 2.24) is 22.8 Å². The third-order valence-electron chi connectivity index (χ3n) is 28.2. The van der Waals surface area contributed by atoms with Gasteiger partial charge in [0.15, 0.2) is 0 Å². The molecule has 672 valence electrons. The van der Waals surface area contributed by atoms with Gasteiger partial charge in [-0.15, -0.1) is 0 Å². The van der Waals surface area contributed by atoms with Crippen LogP contribution in [0.1, 0.15) is 0 Å². The van der Waals surface area contributed by atoms with E-state index in [2.05, 4.69) is 598 Å². The van der Waals surface area contributed by atoms with E-state index in [9.17, 15) is 0 Å². The predicted molar refractivity (Wildman–Crippen MR) is 601 cm³/mol. The van der Waals surface area contributed by atoms with E-state index in [4.69, 9.17) is 0 Å². The summed E-state index contributed by atoms with van der Waals surface area (Å²) in [5.41, 5.74) is 32.4. The Bertz CT molecular complexity index is 8930. The Morgan fingerprint density at radius 1 is 0.128 bits per heavy atom. The second kappa shape index (κ2) is 37.0. The van der Waals surface area contributed by atoms with Crippen LogP contribution in [-0.4, -0.2) is 51.0 Å². The lowest BCUT2D eigenvalue weighted by Crippen LogP contribution is -2.09. The SMILES string of the molecule is CN(c1ccc(-c2ccccc2)cc1)c1ccc(-n2c3ccccc3c3ccccc32)cc1.CN(c1ccc(-c2ccccc2)cc1)c1ccc2c3ccc4ccccc4c3n(-c3ccccc3)c2c1.CN(c1ccc(-n2c3ccccc3c3ccccc32)cc1)c1ccc(-n2c3ccccc3c3ccccc32)cc1.CN(c1ccccc1)c1ccc2c3ccc4ccccc4c3n(-c3ccccc3)c2c1. The van der Waals surface area contributed by atoms with Gasteiger partial charge in [0.1, 0.15) is 0 Å². The molecule has 0 unspecified atom stereocenters. The zero-order valence-corrected chi connectivity index (χ0v) is 78.8. The van der Waals surface area contributed by atoms with Crippen LogP contribution in [0.15, 0.2) is 528 Å². The summed E-state index contributed by atoms with van der Waals surface area (Å²) in [6.45, 7) is 0. The Balaban J connectivity index is 0.000000102. The van der Waals surface area contributed by atoms with E-state index in [1.54, 1.807) is 0 Å². The second-order valence-corrected chi connectivity index (χ2v) is 36.2. The van der Waals surface area contributed by atoms with Crippen LogP contribution in [0.25, 0.3) is 181 Å². The van der Waals surface area contributed by atoms with Crippen LogP contribution >= 0.6 is 0 Å². The van der Waals surface area contributed by atoms with Crippen molar-refractivity contribution >= 4 is 176 Å². The number of benzene rings is 22. The molecule has 0 amide bonds. The number of anilines is 8. The van der Waals surface area contributed by atoms with Crippen LogP contribution in [0.2, 0.25) is 0 Å². The molecule has 0 aliphatic heterocycles. The van der Waals surface area contributed by atoms with Gasteiger partial charge in [-0.3, -0.25) is 0 Å². The topological polar surface area (TPSA) is 37.6 Å². The lowest BCUT2D eigenvalue weighted by Gasteiger charge is -2.21. The summed E-state index contributed by atoms with van der Waals surface area (Å²) in [5.74, 6) is 0. The van der Waals surface area contributed by atoms with Gasteiger partial charge in [0.25, 0.3) is 0 Å². The molecule has 27 rings (SSSR count). The molecule has 9 nitrogen and oxygen atoms in total. The molecule has 0 spiro atoms. The van der Waals surface area contributed by atoms with Crippen molar-refractivity contribution in [3.8, 4) is 50.7 Å². The zero-order valence-electron chi connectivity index (χ0n) is 78.8. The van der Waals surface area contributed by atoms with Crippen molar-refractivity contribution in [2.24, 2.45) is 0 Å². The number of hydrogen-bond donors (Lipinski definition) is 0. The summed E-state index contributed by atoms with van der Waals surface area (Å²) in [6, 6.07) is 189. The Kier molecular flexibility index (Phi) is 22.4. The first-order chi connectivity index (χ1) is 69.7. The average molecular weight is 1810 g/mol. The molecule has 9 heteroatoms. The molecule has 5 aromatic heterocycles. The molecule has 0 N–H and O–H groups in total. The molecule has 0 saturated carbocycles. The maximum atomic E-state index is 2.42. The summed E-state index contributed by atoms with van der Waals surface area (Å²) in [4.78, 5) is 8.97. The van der Waals surface area contributed by atoms with E-state index in [0.717, 1.165) is 39.8 Å². The maximum absolute atomic E-state index is 2.42. The van der Waals surface area contributed by atoms with Gasteiger partial charge in [-0.25, -0.2) is 0 Å². The molecule has 141 heavy (non-hydrogen) atoms. The normalized spacial score (nSPS) is 11.4. The van der Waals surface area contributed by atoms with Gasteiger partial charge in [-0.05, 0) is 227 Å². The predicted octanol–water partition coefficient (Wildman–Crippen LogP) is 34.9. The lowest BCUT2D eigenvalue weighted by atomic mass is 10.0. The van der Waals surface area contributed by atoms with Crippen LogP contribution in [0.3, 0.4) is 0 Å². The molecular weight excluding hydrogens is 1710 g/mol. The van der Waals surface area contributed by atoms with Gasteiger partial charge in [0, 0.05) is 167 Å². The van der Waals surface area contributed by atoms with Gasteiger partial charge in [0.2, 0.25) is 0 Å². The lowest BCUT2D eigenvalue weighted by molar-refractivity contribution is 1.15. The highest BCUT2D eigenvalue weighted by Gasteiger charge is 2.23. The molecule has 0 bridgehead atoms. The van der Waals surface area contributed by atoms with Crippen molar-refractivity contribution in [3.63, 3.8) is 0 Å². The second-order valence-electron chi connectivity index (χ2n) is 36.2. The van der Waals surface area contributed by atoms with Gasteiger partial charge in [-0.1, -0.05) is 334 Å². The molecule has 0 aliphatic rings. The standard InChI is InChI=1S/C37H27N3.C35H26N2.C31H24N2.C29H22N2/c1-38(26-18-22-28(23-19-26)39-34-14-6-2-10-30(34)31-11-3-7-15-35(31)39)27-20-24-29(25-21-27)40-36-16-8-4-12-32(36)33-13-5-9-17-37(33)40;1-36(28-19-16-26(17-20-28)25-10-4-2-5-11-25)30-21-23-32-33-22-18-27-12-8-9-15-31(27)35(33)37(34(32)24-30)29-13-6-3-7-14-29;1-32(25-17-15-24(16-18-25)23-9-3-2-4-10-23)26-19-21-27(22-20-26)33-30-13-7-5-11-28(30)29-12-6-8-14-31(29)33;1-30(22-11-4-2-5-12-22)24-17-19-26-27-18-16-21-10-8-9-15-25(21)29(27)31(28(26)20-24)23-13-6-3-7-14-23/h2-25H,1H3;2-24H,1H3;2-22H,1H3;2-20H,1H3. The molecule has 5 heterocycles. The summed E-state index contributed by atoms with van der Waals surface area (Å²) in [5, 5.41) is 17.9. The van der Waals surface area contributed by atoms with E-state index >= 15 is 0 Å². The molecule has 22 aromatic carbocycles. The Hall–Kier alpha value is -18.4. The van der Waals surface area contributed by atoms with Crippen LogP contribution in [-0.2, 0) is 0 Å². The van der Waals surface area contributed by atoms with Crippen molar-refractivity contribution in [2.45, 2.75) is 0 Å². The molecule has 0 atom stereocenters. The third kappa shape index (κ3) is 15.8. The molecule has 27 aromatic rings. The third-order valence-corrected chi connectivity index (χ3v) is 28.2. The number of rotatable bonds is 15. The average Bonchev–Trinajstić information content (AvgIpc) is 1.90. The fourth-order valence-electron chi connectivity index (χ4n) is 21.0. The van der Waals surface area contributed by atoms with Gasteiger partial charge in [-0.2, -0.15) is 0 Å². The van der Waals surface area contributed by atoms with Crippen LogP contribution in [0, 0.1) is 0 Å². The molecule has 0 aliphatic carbocycles. The summed E-state index contributed by atoms with van der Waals surface area (Å²) in [7, 11) is 8.52. The highest BCUT2D eigenvalue weighted by molar-refractivity contribution is 6.21. The van der Waals surface area contributed by atoms with Gasteiger partial charge in [0.05, 0.1) is 55.2 Å². The smallest absolute Gasteiger partial charge is 0.0619 e. The van der Waals surface area contributed by atoms with Crippen molar-refractivity contribution in [2.75, 3.05) is 47.8 Å². The van der Waals surface area contributed by atoms with Crippen molar-refractivity contribution < 1.29 is 0 Å². The molecule has 0 radical (unpaired) electrons. The van der Waals surface area contributed by atoms with Crippen LogP contribution in [0.4, 0.5) is 45.5 Å². The van der Waals surface area contributed by atoms with Crippen molar-refractivity contribution in [3.05, 3.63) is 528 Å². The van der Waals surface area contributed by atoms with E-state index in [0.29, 0.717) is 0 Å². The number of nitrogens with zero attached hydrogens (tertiary/aromatic N) is 9.